The minimum Gasteiger partial charge on any atom is -0.370 e. The molecule has 1 heterocycles. The third-order valence-corrected chi connectivity index (χ3v) is 7.59. The zero-order chi connectivity index (χ0) is 27.7. The van der Waals surface area contributed by atoms with E-state index < -0.39 is 0 Å². The first-order chi connectivity index (χ1) is 19.0. The maximum absolute atomic E-state index is 12.0. The SMILES string of the molecule is CN(CCCCNC(=O)NCCSCc1csc(NC(=N)N)n1)CCOC(c1ccccc1)c1ccccc1. The van der Waals surface area contributed by atoms with Crippen LogP contribution >= 0.6 is 23.1 Å². The number of unbranched alkanes of at least 4 members (excludes halogenated alkanes) is 1. The number of carbonyl (C=O) groups is 1. The van der Waals surface area contributed by atoms with E-state index in [0.29, 0.717) is 24.8 Å². The minimum absolute atomic E-state index is 0.0721. The number of thiazole rings is 1. The van der Waals surface area contributed by atoms with E-state index in [1.807, 2.05) is 41.8 Å². The standard InChI is InChI=1S/C28H39N7O2S2/c1-35(17-18-37-25(22-10-4-2-5-11-22)23-12-6-3-7-13-23)16-9-8-14-31-27(36)32-15-19-38-20-24-21-39-28(33-24)34-26(29)30/h2-7,10-13,21,25H,8-9,14-20H2,1H3,(H2,31,32,36)(H4,29,30,33,34). The Morgan fingerprint density at radius 3 is 2.38 bits per heavy atom. The monoisotopic (exact) mass is 569 g/mol. The van der Waals surface area contributed by atoms with Gasteiger partial charge in [0.1, 0.15) is 6.10 Å². The predicted octanol–water partition coefficient (Wildman–Crippen LogP) is 4.50. The lowest BCUT2D eigenvalue weighted by atomic mass is 10.0. The van der Waals surface area contributed by atoms with Crippen molar-refractivity contribution >= 4 is 40.2 Å². The van der Waals surface area contributed by atoms with Gasteiger partial charge in [-0.1, -0.05) is 60.7 Å². The van der Waals surface area contributed by atoms with Crippen LogP contribution in [0.25, 0.3) is 0 Å². The normalized spacial score (nSPS) is 11.1. The molecular formula is C28H39N7O2S2. The summed E-state index contributed by atoms with van der Waals surface area (Å²) in [6.07, 6.45) is 1.85. The Balaban J connectivity index is 1.20. The van der Waals surface area contributed by atoms with Crippen LogP contribution < -0.4 is 21.7 Å². The van der Waals surface area contributed by atoms with Crippen molar-refractivity contribution in [3.63, 3.8) is 0 Å². The number of amides is 2. The summed E-state index contributed by atoms with van der Waals surface area (Å²) in [5.74, 6) is 1.42. The lowest BCUT2D eigenvalue weighted by Crippen LogP contribution is -2.37. The van der Waals surface area contributed by atoms with E-state index in [4.69, 9.17) is 15.9 Å². The van der Waals surface area contributed by atoms with Crippen LogP contribution in [0.4, 0.5) is 9.93 Å². The van der Waals surface area contributed by atoms with Gasteiger partial charge in [-0.3, -0.25) is 5.41 Å². The number of nitrogens with two attached hydrogens (primary N) is 1. The molecule has 2 aromatic carbocycles. The highest BCUT2D eigenvalue weighted by molar-refractivity contribution is 7.98. The molecule has 6 N–H and O–H groups in total. The Labute approximate surface area is 239 Å². The van der Waals surface area contributed by atoms with Crippen LogP contribution in [0.2, 0.25) is 0 Å². The van der Waals surface area contributed by atoms with Crippen LogP contribution in [-0.4, -0.2) is 67.5 Å². The van der Waals surface area contributed by atoms with Crippen molar-refractivity contribution in [1.29, 1.82) is 5.41 Å². The third-order valence-electron chi connectivity index (χ3n) is 5.79. The first-order valence-electron chi connectivity index (χ1n) is 13.1. The minimum atomic E-state index is -0.133. The summed E-state index contributed by atoms with van der Waals surface area (Å²) >= 11 is 3.11. The molecule has 0 radical (unpaired) electrons. The van der Waals surface area contributed by atoms with Gasteiger partial charge in [0.15, 0.2) is 11.1 Å². The molecule has 3 rings (SSSR count). The molecule has 0 spiro atoms. The molecular weight excluding hydrogens is 530 g/mol. The number of urea groups is 1. The predicted molar refractivity (Wildman–Crippen MR) is 163 cm³/mol. The van der Waals surface area contributed by atoms with E-state index in [0.717, 1.165) is 54.3 Å². The number of hydrogen-bond acceptors (Lipinski definition) is 7. The molecule has 1 aromatic heterocycles. The van der Waals surface area contributed by atoms with Crippen molar-refractivity contribution in [3.05, 3.63) is 82.9 Å². The van der Waals surface area contributed by atoms with Gasteiger partial charge in [0.05, 0.1) is 12.3 Å². The molecule has 0 fully saturated rings. The second-order valence-corrected chi connectivity index (χ2v) is 11.0. The molecule has 210 valence electrons. The van der Waals surface area contributed by atoms with E-state index in [9.17, 15) is 4.79 Å². The Morgan fingerprint density at radius 2 is 1.72 bits per heavy atom. The molecule has 0 saturated carbocycles. The van der Waals surface area contributed by atoms with E-state index in [2.05, 4.69) is 57.1 Å². The summed E-state index contributed by atoms with van der Waals surface area (Å²) in [5, 5.41) is 18.3. The van der Waals surface area contributed by atoms with Gasteiger partial charge < -0.3 is 31.3 Å². The lowest BCUT2D eigenvalue weighted by molar-refractivity contribution is 0.0645. The number of benzene rings is 2. The number of hydrogen-bond donors (Lipinski definition) is 5. The maximum Gasteiger partial charge on any atom is 0.314 e. The molecule has 0 aliphatic heterocycles. The highest BCUT2D eigenvalue weighted by Crippen LogP contribution is 2.25. The molecule has 0 bridgehead atoms. The topological polar surface area (TPSA) is 128 Å². The van der Waals surface area contributed by atoms with Gasteiger partial charge >= 0.3 is 6.03 Å². The van der Waals surface area contributed by atoms with Crippen molar-refractivity contribution in [3.8, 4) is 0 Å². The first-order valence-corrected chi connectivity index (χ1v) is 15.1. The van der Waals surface area contributed by atoms with Crippen molar-refractivity contribution in [1.82, 2.24) is 20.5 Å². The van der Waals surface area contributed by atoms with Gasteiger partial charge in [-0.2, -0.15) is 11.8 Å². The fraction of sp³-hybridized carbons (Fsp3) is 0.393. The Morgan fingerprint density at radius 1 is 1.05 bits per heavy atom. The van der Waals surface area contributed by atoms with E-state index in [-0.39, 0.29) is 18.1 Å². The van der Waals surface area contributed by atoms with E-state index >= 15 is 0 Å². The molecule has 11 heteroatoms. The Bertz CT molecular complexity index is 1080. The summed E-state index contributed by atoms with van der Waals surface area (Å²) in [7, 11) is 2.10. The summed E-state index contributed by atoms with van der Waals surface area (Å²) in [6, 6.07) is 20.5. The lowest BCUT2D eigenvalue weighted by Gasteiger charge is -2.22. The second-order valence-electron chi connectivity index (χ2n) is 9.00. The fourth-order valence-electron chi connectivity index (χ4n) is 3.81. The smallest absolute Gasteiger partial charge is 0.314 e. The molecule has 39 heavy (non-hydrogen) atoms. The average Bonchev–Trinajstić information content (AvgIpc) is 3.38. The number of nitrogens with one attached hydrogen (secondary N) is 4. The van der Waals surface area contributed by atoms with Crippen LogP contribution in [-0.2, 0) is 10.5 Å². The van der Waals surface area contributed by atoms with Crippen LogP contribution in [0, 0.1) is 5.41 Å². The number of guanidine groups is 1. The van der Waals surface area contributed by atoms with Gasteiger partial charge in [0, 0.05) is 36.5 Å². The average molecular weight is 570 g/mol. The van der Waals surface area contributed by atoms with Crippen LogP contribution in [0.3, 0.4) is 0 Å². The Hall–Kier alpha value is -3.12. The van der Waals surface area contributed by atoms with Crippen molar-refractivity contribution in [2.24, 2.45) is 5.73 Å². The molecule has 0 atom stereocenters. The number of likely N-dealkylation sites (N-methyl/N-ethyl adjacent to an activating group) is 1. The van der Waals surface area contributed by atoms with E-state index in [1.165, 1.54) is 11.3 Å². The molecule has 2 amide bonds. The molecule has 0 aliphatic rings. The molecule has 0 saturated heterocycles. The summed E-state index contributed by atoms with van der Waals surface area (Å²) < 4.78 is 6.31. The number of carbonyl (C=O) groups excluding carboxylic acids is 1. The molecule has 9 nitrogen and oxygen atoms in total. The third kappa shape index (κ3) is 12.1. The molecule has 0 unspecified atom stereocenters. The van der Waals surface area contributed by atoms with E-state index in [1.54, 1.807) is 11.8 Å². The zero-order valence-corrected chi connectivity index (χ0v) is 24.0. The van der Waals surface area contributed by atoms with Gasteiger partial charge in [-0.05, 0) is 37.6 Å². The quantitative estimate of drug-likeness (QED) is 0.0920. The number of aromatic nitrogens is 1. The van der Waals surface area contributed by atoms with Gasteiger partial charge in [0.25, 0.3) is 0 Å². The van der Waals surface area contributed by atoms with Crippen molar-refractivity contribution in [2.45, 2.75) is 24.7 Å². The van der Waals surface area contributed by atoms with Crippen LogP contribution in [0.5, 0.6) is 0 Å². The van der Waals surface area contributed by atoms with Crippen LogP contribution in [0.15, 0.2) is 66.0 Å². The molecule has 0 aliphatic carbocycles. The van der Waals surface area contributed by atoms with Gasteiger partial charge in [0.2, 0.25) is 0 Å². The number of nitrogens with zero attached hydrogens (tertiary/aromatic N) is 2. The Kier molecular flexibility index (Phi) is 13.6. The molecule has 3 aromatic rings. The summed E-state index contributed by atoms with van der Waals surface area (Å²) in [6.45, 7) is 3.68. The second kappa shape index (κ2) is 17.5. The van der Waals surface area contributed by atoms with Crippen molar-refractivity contribution in [2.75, 3.05) is 50.9 Å². The fourth-order valence-corrected chi connectivity index (χ4v) is 5.39. The zero-order valence-electron chi connectivity index (χ0n) is 22.4. The maximum atomic E-state index is 12.0. The largest absolute Gasteiger partial charge is 0.370 e. The number of ether oxygens (including phenoxy) is 1. The number of anilines is 1. The highest BCUT2D eigenvalue weighted by Gasteiger charge is 2.14. The van der Waals surface area contributed by atoms with Gasteiger partial charge in [-0.15, -0.1) is 11.3 Å². The number of rotatable bonds is 17. The first kappa shape index (κ1) is 30.4. The summed E-state index contributed by atoms with van der Waals surface area (Å²) in [4.78, 5) is 18.6. The van der Waals surface area contributed by atoms with Crippen molar-refractivity contribution < 1.29 is 9.53 Å². The summed E-state index contributed by atoms with van der Waals surface area (Å²) in [5.41, 5.74) is 8.56. The highest BCUT2D eigenvalue weighted by atomic mass is 32.2. The van der Waals surface area contributed by atoms with Crippen LogP contribution in [0.1, 0.15) is 35.8 Å². The van der Waals surface area contributed by atoms with Gasteiger partial charge in [-0.25, -0.2) is 9.78 Å². The number of thioether (sulfide) groups is 1.